The Morgan fingerprint density at radius 3 is 2.05 bits per heavy atom. The SMILES string of the molecule is CC1(C)CCCC(C)(C)C1(O)CSc1ccccc1. The first-order chi connectivity index (χ1) is 8.79. The summed E-state index contributed by atoms with van der Waals surface area (Å²) in [7, 11) is 0. The van der Waals surface area contributed by atoms with Crippen molar-refractivity contribution < 1.29 is 5.11 Å². The van der Waals surface area contributed by atoms with E-state index in [1.165, 1.54) is 11.3 Å². The minimum absolute atomic E-state index is 0.0173. The van der Waals surface area contributed by atoms with E-state index in [0.717, 1.165) is 18.6 Å². The minimum Gasteiger partial charge on any atom is -0.388 e. The molecule has 0 atom stereocenters. The normalized spacial score (nSPS) is 24.1. The molecule has 1 N–H and O–H groups in total. The molecule has 1 fully saturated rings. The number of benzene rings is 1. The van der Waals surface area contributed by atoms with E-state index in [2.05, 4.69) is 52.0 Å². The van der Waals surface area contributed by atoms with Gasteiger partial charge in [-0.1, -0.05) is 52.3 Å². The summed E-state index contributed by atoms with van der Waals surface area (Å²) in [6.45, 7) is 8.89. The van der Waals surface area contributed by atoms with Crippen molar-refractivity contribution >= 4 is 11.8 Å². The Labute approximate surface area is 121 Å². The van der Waals surface area contributed by atoms with Crippen LogP contribution in [0, 0.1) is 10.8 Å². The van der Waals surface area contributed by atoms with Crippen LogP contribution in [0.4, 0.5) is 0 Å². The molecule has 0 bridgehead atoms. The molecule has 2 rings (SSSR count). The van der Waals surface area contributed by atoms with Gasteiger partial charge in [0.2, 0.25) is 0 Å². The summed E-state index contributed by atoms with van der Waals surface area (Å²) >= 11 is 1.78. The lowest BCUT2D eigenvalue weighted by Crippen LogP contribution is -2.59. The van der Waals surface area contributed by atoms with Gasteiger partial charge in [0.1, 0.15) is 0 Å². The Balaban J connectivity index is 2.18. The standard InChI is InChI=1S/C17H26OS/c1-15(2)11-8-12-16(3,4)17(15,18)13-19-14-9-6-5-7-10-14/h5-7,9-10,18H,8,11-13H2,1-4H3. The molecule has 19 heavy (non-hydrogen) atoms. The van der Waals surface area contributed by atoms with E-state index in [-0.39, 0.29) is 10.8 Å². The molecule has 1 aliphatic rings. The smallest absolute Gasteiger partial charge is 0.0842 e. The summed E-state index contributed by atoms with van der Waals surface area (Å²) in [5, 5.41) is 11.4. The third kappa shape index (κ3) is 2.71. The Hall–Kier alpha value is -0.470. The highest BCUT2D eigenvalue weighted by atomic mass is 32.2. The predicted octanol–water partition coefficient (Wildman–Crippen LogP) is 4.75. The fourth-order valence-electron chi connectivity index (χ4n) is 3.40. The molecule has 1 aromatic carbocycles. The van der Waals surface area contributed by atoms with Crippen molar-refractivity contribution in [2.75, 3.05) is 5.75 Å². The Kier molecular flexibility index (Phi) is 4.04. The van der Waals surface area contributed by atoms with Gasteiger partial charge in [0.25, 0.3) is 0 Å². The van der Waals surface area contributed by atoms with Crippen LogP contribution in [-0.2, 0) is 0 Å². The molecule has 1 aromatic rings. The highest BCUT2D eigenvalue weighted by Crippen LogP contribution is 2.55. The molecular weight excluding hydrogens is 252 g/mol. The van der Waals surface area contributed by atoms with Crippen LogP contribution in [0.1, 0.15) is 47.0 Å². The minimum atomic E-state index is -0.612. The van der Waals surface area contributed by atoms with Crippen LogP contribution in [0.2, 0.25) is 0 Å². The number of rotatable bonds is 3. The number of thioether (sulfide) groups is 1. The summed E-state index contributed by atoms with van der Waals surface area (Å²) in [5.74, 6) is 0.775. The van der Waals surface area contributed by atoms with Crippen LogP contribution in [0.15, 0.2) is 35.2 Å². The fraction of sp³-hybridized carbons (Fsp3) is 0.647. The maximum atomic E-state index is 11.4. The molecule has 0 amide bonds. The van der Waals surface area contributed by atoms with Gasteiger partial charge in [-0.2, -0.15) is 0 Å². The second kappa shape index (κ2) is 5.14. The van der Waals surface area contributed by atoms with Gasteiger partial charge in [-0.05, 0) is 35.8 Å². The highest BCUT2D eigenvalue weighted by Gasteiger charge is 2.55. The zero-order valence-electron chi connectivity index (χ0n) is 12.6. The number of hydrogen-bond donors (Lipinski definition) is 1. The first-order valence-electron chi connectivity index (χ1n) is 7.19. The van der Waals surface area contributed by atoms with E-state index in [0.29, 0.717) is 0 Å². The zero-order chi connectivity index (χ0) is 14.1. The molecule has 0 aromatic heterocycles. The third-order valence-electron chi connectivity index (χ3n) is 5.03. The first kappa shape index (κ1) is 14.9. The topological polar surface area (TPSA) is 20.2 Å². The highest BCUT2D eigenvalue weighted by molar-refractivity contribution is 7.99. The van der Waals surface area contributed by atoms with E-state index in [1.807, 2.05) is 6.07 Å². The molecule has 0 saturated heterocycles. The Morgan fingerprint density at radius 1 is 1.00 bits per heavy atom. The lowest BCUT2D eigenvalue weighted by Gasteiger charge is -2.56. The van der Waals surface area contributed by atoms with E-state index in [1.54, 1.807) is 11.8 Å². The molecule has 0 heterocycles. The Bertz CT molecular complexity index is 406. The van der Waals surface area contributed by atoms with Crippen molar-refractivity contribution in [2.45, 2.75) is 57.5 Å². The van der Waals surface area contributed by atoms with Gasteiger partial charge in [-0.15, -0.1) is 11.8 Å². The van der Waals surface area contributed by atoms with E-state index in [9.17, 15) is 5.11 Å². The molecule has 0 spiro atoms. The molecule has 1 nitrogen and oxygen atoms in total. The number of hydrogen-bond acceptors (Lipinski definition) is 2. The number of aliphatic hydroxyl groups is 1. The summed E-state index contributed by atoms with van der Waals surface area (Å²) in [6, 6.07) is 10.4. The molecule has 106 valence electrons. The quantitative estimate of drug-likeness (QED) is 0.805. The largest absolute Gasteiger partial charge is 0.388 e. The van der Waals surface area contributed by atoms with E-state index < -0.39 is 5.60 Å². The van der Waals surface area contributed by atoms with Gasteiger partial charge in [0.15, 0.2) is 0 Å². The molecule has 0 aliphatic heterocycles. The first-order valence-corrected chi connectivity index (χ1v) is 8.17. The zero-order valence-corrected chi connectivity index (χ0v) is 13.4. The summed E-state index contributed by atoms with van der Waals surface area (Å²) < 4.78 is 0. The maximum Gasteiger partial charge on any atom is 0.0842 e. The van der Waals surface area contributed by atoms with Crippen LogP contribution in [0.5, 0.6) is 0 Å². The van der Waals surface area contributed by atoms with Crippen LogP contribution in [0.3, 0.4) is 0 Å². The van der Waals surface area contributed by atoms with Gasteiger partial charge in [-0.25, -0.2) is 0 Å². The lowest BCUT2D eigenvalue weighted by molar-refractivity contribution is -0.159. The van der Waals surface area contributed by atoms with Crippen molar-refractivity contribution in [2.24, 2.45) is 10.8 Å². The van der Waals surface area contributed by atoms with Crippen LogP contribution < -0.4 is 0 Å². The van der Waals surface area contributed by atoms with Gasteiger partial charge < -0.3 is 5.11 Å². The molecular formula is C17H26OS. The van der Waals surface area contributed by atoms with Crippen molar-refractivity contribution in [1.82, 2.24) is 0 Å². The summed E-state index contributed by atoms with van der Waals surface area (Å²) in [4.78, 5) is 1.24. The van der Waals surface area contributed by atoms with Crippen molar-refractivity contribution in [3.63, 3.8) is 0 Å². The van der Waals surface area contributed by atoms with Gasteiger partial charge in [0.05, 0.1) is 5.60 Å². The maximum absolute atomic E-state index is 11.4. The van der Waals surface area contributed by atoms with Crippen LogP contribution >= 0.6 is 11.8 Å². The third-order valence-corrected chi connectivity index (χ3v) is 6.20. The average Bonchev–Trinajstić information content (AvgIpc) is 2.35. The lowest BCUT2D eigenvalue weighted by atomic mass is 9.55. The predicted molar refractivity (Wildman–Crippen MR) is 83.5 cm³/mol. The second-order valence-corrected chi connectivity index (χ2v) is 8.13. The molecule has 0 unspecified atom stereocenters. The molecule has 2 heteroatoms. The van der Waals surface area contributed by atoms with Crippen molar-refractivity contribution in [1.29, 1.82) is 0 Å². The molecule has 1 saturated carbocycles. The Morgan fingerprint density at radius 2 is 1.53 bits per heavy atom. The molecule has 1 aliphatic carbocycles. The van der Waals surface area contributed by atoms with Gasteiger partial charge in [0, 0.05) is 10.6 Å². The van der Waals surface area contributed by atoms with E-state index in [4.69, 9.17) is 0 Å². The van der Waals surface area contributed by atoms with Crippen LogP contribution in [0.25, 0.3) is 0 Å². The fourth-order valence-corrected chi connectivity index (χ4v) is 4.90. The average molecular weight is 278 g/mol. The van der Waals surface area contributed by atoms with Crippen molar-refractivity contribution in [3.05, 3.63) is 30.3 Å². The molecule has 0 radical (unpaired) electrons. The monoisotopic (exact) mass is 278 g/mol. The van der Waals surface area contributed by atoms with Gasteiger partial charge >= 0.3 is 0 Å². The summed E-state index contributed by atoms with van der Waals surface area (Å²) in [6.07, 6.45) is 3.45. The van der Waals surface area contributed by atoms with Crippen molar-refractivity contribution in [3.8, 4) is 0 Å². The second-order valence-electron chi connectivity index (χ2n) is 7.08. The van der Waals surface area contributed by atoms with Gasteiger partial charge in [-0.3, -0.25) is 0 Å². The van der Waals surface area contributed by atoms with Crippen LogP contribution in [-0.4, -0.2) is 16.5 Å². The summed E-state index contributed by atoms with van der Waals surface area (Å²) in [5.41, 5.74) is -0.647. The van der Waals surface area contributed by atoms with E-state index >= 15 is 0 Å².